The monoisotopic (exact) mass is 583 g/mol. The molecule has 210 valence electrons. The van der Waals surface area contributed by atoms with Crippen LogP contribution in [0.5, 0.6) is 0 Å². The van der Waals surface area contributed by atoms with E-state index in [-0.39, 0.29) is 11.0 Å². The number of carboxylic acids is 1. The molecule has 2 aliphatic heterocycles. The minimum atomic E-state index is -1.09. The molecule has 2 atom stereocenters. The molecule has 3 aromatic rings. The molecule has 2 aromatic carbocycles. The Balaban J connectivity index is 1.07. The maximum absolute atomic E-state index is 14.3. The highest BCUT2D eigenvalue weighted by Gasteiger charge is 2.55. The maximum Gasteiger partial charge on any atom is 0.335 e. The van der Waals surface area contributed by atoms with Crippen molar-refractivity contribution >= 4 is 34.9 Å². The molecular formula is C31H32Cl2FN3O3. The normalized spacial score (nSPS) is 27.4. The first-order valence-electron chi connectivity index (χ1n) is 14.2. The summed E-state index contributed by atoms with van der Waals surface area (Å²) in [5.41, 5.74) is 3.59. The van der Waals surface area contributed by atoms with E-state index in [0.717, 1.165) is 86.6 Å². The summed E-state index contributed by atoms with van der Waals surface area (Å²) >= 11 is 13.1. The van der Waals surface area contributed by atoms with Gasteiger partial charge in [-0.15, -0.1) is 0 Å². The lowest BCUT2D eigenvalue weighted by atomic mass is 9.58. The lowest BCUT2D eigenvalue weighted by Gasteiger charge is -2.57. The van der Waals surface area contributed by atoms with Crippen LogP contribution in [0.2, 0.25) is 10.0 Å². The number of hydrogen-bond donors (Lipinski definition) is 1. The molecule has 4 aliphatic rings. The van der Waals surface area contributed by atoms with Gasteiger partial charge in [0.1, 0.15) is 17.3 Å². The van der Waals surface area contributed by atoms with Crippen molar-refractivity contribution in [1.82, 2.24) is 10.1 Å². The molecule has 3 heterocycles. The predicted octanol–water partition coefficient (Wildman–Crippen LogP) is 7.78. The smallest absolute Gasteiger partial charge is 0.335 e. The molecular weight excluding hydrogens is 552 g/mol. The Morgan fingerprint density at radius 3 is 2.40 bits per heavy atom. The molecule has 0 radical (unpaired) electrons. The second kappa shape index (κ2) is 9.74. The lowest BCUT2D eigenvalue weighted by Crippen LogP contribution is -2.57. The minimum Gasteiger partial charge on any atom is -0.478 e. The van der Waals surface area contributed by atoms with Gasteiger partial charge in [0, 0.05) is 47.4 Å². The predicted molar refractivity (Wildman–Crippen MR) is 153 cm³/mol. The molecule has 9 heteroatoms. The van der Waals surface area contributed by atoms with Gasteiger partial charge in [-0.05, 0) is 94.2 Å². The van der Waals surface area contributed by atoms with E-state index >= 15 is 0 Å². The van der Waals surface area contributed by atoms with E-state index in [1.807, 2.05) is 18.2 Å². The Morgan fingerprint density at radius 2 is 1.77 bits per heavy atom. The zero-order chi connectivity index (χ0) is 27.8. The summed E-state index contributed by atoms with van der Waals surface area (Å²) in [7, 11) is 2.18. The Morgan fingerprint density at radius 1 is 1.10 bits per heavy atom. The molecule has 4 fully saturated rings. The average molecular weight is 585 g/mol. The van der Waals surface area contributed by atoms with Gasteiger partial charge in [-0.2, -0.15) is 0 Å². The number of rotatable bonds is 7. The first-order valence-corrected chi connectivity index (χ1v) is 14.9. The number of hydrogen-bond acceptors (Lipinski definition) is 5. The Kier molecular flexibility index (Phi) is 6.41. The van der Waals surface area contributed by atoms with Crippen molar-refractivity contribution in [3.63, 3.8) is 0 Å². The van der Waals surface area contributed by atoms with Crippen molar-refractivity contribution in [2.24, 2.45) is 5.41 Å². The van der Waals surface area contributed by atoms with E-state index in [2.05, 4.69) is 22.0 Å². The second-order valence-electron chi connectivity index (χ2n) is 12.4. The van der Waals surface area contributed by atoms with Crippen molar-refractivity contribution in [2.75, 3.05) is 11.9 Å². The van der Waals surface area contributed by atoms with Crippen LogP contribution >= 0.6 is 23.2 Å². The number of benzene rings is 2. The number of aromatic carboxylic acids is 1. The van der Waals surface area contributed by atoms with Crippen LogP contribution in [-0.2, 0) is 6.54 Å². The molecule has 1 spiro atoms. The van der Waals surface area contributed by atoms with E-state index in [1.165, 1.54) is 6.07 Å². The van der Waals surface area contributed by atoms with Gasteiger partial charge in [0.25, 0.3) is 0 Å². The largest absolute Gasteiger partial charge is 0.478 e. The van der Waals surface area contributed by atoms with E-state index in [9.17, 15) is 14.3 Å². The first kappa shape index (κ1) is 26.3. The van der Waals surface area contributed by atoms with Gasteiger partial charge >= 0.3 is 5.97 Å². The fraction of sp³-hybridized carbons (Fsp3) is 0.484. The van der Waals surface area contributed by atoms with Crippen LogP contribution in [0.4, 0.5) is 10.1 Å². The Bertz CT molecular complexity index is 1450. The van der Waals surface area contributed by atoms with Crippen LogP contribution in [0.1, 0.15) is 79.0 Å². The molecule has 2 saturated heterocycles. The van der Waals surface area contributed by atoms with Crippen LogP contribution in [0.25, 0.3) is 11.3 Å². The van der Waals surface area contributed by atoms with Crippen molar-refractivity contribution in [2.45, 2.75) is 82.0 Å². The summed E-state index contributed by atoms with van der Waals surface area (Å²) in [6.07, 6.45) is 8.75. The zero-order valence-electron chi connectivity index (χ0n) is 22.4. The summed E-state index contributed by atoms with van der Waals surface area (Å²) in [4.78, 5) is 16.3. The highest BCUT2D eigenvalue weighted by Crippen LogP contribution is 2.58. The summed E-state index contributed by atoms with van der Waals surface area (Å²) in [5.74, 6) is -0.196. The van der Waals surface area contributed by atoms with Gasteiger partial charge in [-0.1, -0.05) is 34.4 Å². The van der Waals surface area contributed by atoms with Gasteiger partial charge in [-0.3, -0.25) is 4.90 Å². The third kappa shape index (κ3) is 4.50. The molecule has 7 rings (SSSR count). The molecule has 0 amide bonds. The van der Waals surface area contributed by atoms with Crippen LogP contribution in [0.3, 0.4) is 0 Å². The third-order valence-electron chi connectivity index (χ3n) is 9.72. The summed E-state index contributed by atoms with van der Waals surface area (Å²) < 4.78 is 20.2. The van der Waals surface area contributed by atoms with Crippen molar-refractivity contribution in [3.8, 4) is 11.3 Å². The Labute approximate surface area is 243 Å². The number of fused-ring (bicyclic) bond motifs is 2. The van der Waals surface area contributed by atoms with E-state index in [0.29, 0.717) is 39.8 Å². The summed E-state index contributed by atoms with van der Waals surface area (Å²) in [6.45, 7) is 0.729. The van der Waals surface area contributed by atoms with Gasteiger partial charge in [0.05, 0.1) is 15.6 Å². The quantitative estimate of drug-likeness (QED) is 0.306. The number of aromatic nitrogens is 1. The van der Waals surface area contributed by atoms with E-state index < -0.39 is 11.8 Å². The summed E-state index contributed by atoms with van der Waals surface area (Å²) in [6, 6.07) is 10.8. The van der Waals surface area contributed by atoms with Gasteiger partial charge in [0.15, 0.2) is 0 Å². The molecule has 2 unspecified atom stereocenters. The Hall–Kier alpha value is -2.61. The SMILES string of the molecule is CN(Cc1c(-c2c(Cl)cccc2Cl)noc1C1CC1)C1CC2(C1)CC1CCC(C2)N1c1cc(F)cc(C(=O)O)c1. The maximum atomic E-state index is 14.3. The number of halogens is 3. The number of carbonyl (C=O) groups is 1. The highest BCUT2D eigenvalue weighted by molar-refractivity contribution is 6.39. The molecule has 2 saturated carbocycles. The van der Waals surface area contributed by atoms with Gasteiger partial charge < -0.3 is 14.5 Å². The number of piperidine rings is 1. The molecule has 40 heavy (non-hydrogen) atoms. The summed E-state index contributed by atoms with van der Waals surface area (Å²) in [5, 5.41) is 15.0. The van der Waals surface area contributed by atoms with Gasteiger partial charge in [0.2, 0.25) is 0 Å². The highest BCUT2D eigenvalue weighted by atomic mass is 35.5. The number of nitrogens with zero attached hydrogens (tertiary/aromatic N) is 3. The lowest BCUT2D eigenvalue weighted by molar-refractivity contribution is -0.0199. The minimum absolute atomic E-state index is 0.0109. The average Bonchev–Trinajstić information content (AvgIpc) is 3.60. The van der Waals surface area contributed by atoms with Crippen LogP contribution in [-0.4, -0.2) is 46.3 Å². The van der Waals surface area contributed by atoms with Gasteiger partial charge in [-0.25, -0.2) is 9.18 Å². The second-order valence-corrected chi connectivity index (χ2v) is 13.2. The molecule has 2 aliphatic carbocycles. The standard InChI is InChI=1S/C31H32Cl2FN3O3/c1-36(16-24-28(35-40-29(24)17-5-6-17)27-25(32)3-2-4-26(27)33)23-14-31(15-23)12-20-7-8-21(13-31)37(20)22-10-18(30(38)39)9-19(34)11-22/h2-4,9-11,17,20-21,23H,5-8,12-16H2,1H3,(H,38,39). The van der Waals surface area contributed by atoms with Crippen LogP contribution < -0.4 is 4.90 Å². The number of anilines is 1. The van der Waals surface area contributed by atoms with Crippen molar-refractivity contribution in [3.05, 3.63) is 69.1 Å². The van der Waals surface area contributed by atoms with Crippen molar-refractivity contribution < 1.29 is 18.8 Å². The van der Waals surface area contributed by atoms with E-state index in [4.69, 9.17) is 27.7 Å². The van der Waals surface area contributed by atoms with Crippen molar-refractivity contribution in [1.29, 1.82) is 0 Å². The van der Waals surface area contributed by atoms with Crippen LogP contribution in [0, 0.1) is 11.2 Å². The molecule has 6 nitrogen and oxygen atoms in total. The fourth-order valence-corrected chi connectivity index (χ4v) is 8.31. The van der Waals surface area contributed by atoms with E-state index in [1.54, 1.807) is 6.07 Å². The topological polar surface area (TPSA) is 69.8 Å². The third-order valence-corrected chi connectivity index (χ3v) is 10.3. The molecule has 1 aromatic heterocycles. The fourth-order valence-electron chi connectivity index (χ4n) is 7.74. The number of carboxylic acid groups (broad SMARTS) is 1. The molecule has 1 N–H and O–H groups in total. The first-order chi connectivity index (χ1) is 19.2. The van der Waals surface area contributed by atoms with Crippen LogP contribution in [0.15, 0.2) is 40.9 Å². The molecule has 2 bridgehead atoms. The zero-order valence-corrected chi connectivity index (χ0v) is 23.9.